The summed E-state index contributed by atoms with van der Waals surface area (Å²) in [5, 5.41) is 6.95. The molecule has 2 amide bonds. The van der Waals surface area contributed by atoms with Crippen molar-refractivity contribution in [3.8, 4) is 0 Å². The standard InChI is InChI=1S/C20H26FN3O3/c1-13(2)22-18(25)15-7-5-9-24(12-15)19(26)20(3)11-17(23-27-20)14-6-4-8-16(21)10-14/h4,6,8,10,13,15H,5,7,9,11-12H2,1-3H3,(H,22,25). The first-order valence-corrected chi connectivity index (χ1v) is 9.39. The summed E-state index contributed by atoms with van der Waals surface area (Å²) in [5.41, 5.74) is 0.0359. The molecular weight excluding hydrogens is 349 g/mol. The number of benzene rings is 1. The topological polar surface area (TPSA) is 71.0 Å². The zero-order valence-electron chi connectivity index (χ0n) is 16.0. The number of hydrogen-bond acceptors (Lipinski definition) is 4. The van der Waals surface area contributed by atoms with Crippen LogP contribution in [0.1, 0.15) is 45.6 Å². The third-order valence-corrected chi connectivity index (χ3v) is 4.98. The fourth-order valence-corrected chi connectivity index (χ4v) is 3.59. The van der Waals surface area contributed by atoms with Gasteiger partial charge in [0.1, 0.15) is 5.82 Å². The molecule has 7 heteroatoms. The number of carbonyl (C=O) groups is 2. The van der Waals surface area contributed by atoms with E-state index >= 15 is 0 Å². The second-order valence-corrected chi connectivity index (χ2v) is 7.80. The van der Waals surface area contributed by atoms with Gasteiger partial charge in [-0.15, -0.1) is 0 Å². The molecule has 146 valence electrons. The Morgan fingerprint density at radius 2 is 2.19 bits per heavy atom. The van der Waals surface area contributed by atoms with Crippen molar-refractivity contribution in [3.05, 3.63) is 35.6 Å². The van der Waals surface area contributed by atoms with Gasteiger partial charge < -0.3 is 15.1 Å². The van der Waals surface area contributed by atoms with Crippen molar-refractivity contribution in [2.75, 3.05) is 13.1 Å². The molecule has 0 aromatic heterocycles. The number of rotatable bonds is 4. The van der Waals surface area contributed by atoms with Gasteiger partial charge in [0.2, 0.25) is 11.5 Å². The molecule has 1 aromatic carbocycles. The van der Waals surface area contributed by atoms with Gasteiger partial charge in [-0.05, 0) is 45.7 Å². The third-order valence-electron chi connectivity index (χ3n) is 4.98. The zero-order chi connectivity index (χ0) is 19.6. The first-order valence-electron chi connectivity index (χ1n) is 9.39. The molecule has 3 rings (SSSR count). The van der Waals surface area contributed by atoms with E-state index in [9.17, 15) is 14.0 Å². The predicted molar refractivity (Wildman–Crippen MR) is 99.6 cm³/mol. The van der Waals surface area contributed by atoms with E-state index in [1.807, 2.05) is 13.8 Å². The fraction of sp³-hybridized carbons (Fsp3) is 0.550. The maximum Gasteiger partial charge on any atom is 0.269 e. The van der Waals surface area contributed by atoms with Crippen LogP contribution in [0.25, 0.3) is 0 Å². The SMILES string of the molecule is CC(C)NC(=O)C1CCCN(C(=O)C2(C)CC(c3cccc(F)c3)=NO2)C1. The van der Waals surface area contributed by atoms with Gasteiger partial charge in [-0.2, -0.15) is 0 Å². The molecular formula is C20H26FN3O3. The lowest BCUT2D eigenvalue weighted by Gasteiger charge is -2.36. The molecule has 1 saturated heterocycles. The van der Waals surface area contributed by atoms with Crippen LogP contribution < -0.4 is 5.32 Å². The molecule has 0 saturated carbocycles. The highest BCUT2D eigenvalue weighted by Crippen LogP contribution is 2.30. The molecule has 2 atom stereocenters. The monoisotopic (exact) mass is 375 g/mol. The Kier molecular flexibility index (Phi) is 5.48. The van der Waals surface area contributed by atoms with Crippen molar-refractivity contribution in [1.82, 2.24) is 10.2 Å². The first-order chi connectivity index (χ1) is 12.8. The van der Waals surface area contributed by atoms with Gasteiger partial charge in [-0.1, -0.05) is 17.3 Å². The van der Waals surface area contributed by atoms with Crippen LogP contribution in [0.4, 0.5) is 4.39 Å². The summed E-state index contributed by atoms with van der Waals surface area (Å²) in [4.78, 5) is 32.6. The van der Waals surface area contributed by atoms with E-state index in [2.05, 4.69) is 10.5 Å². The molecule has 0 bridgehead atoms. The molecule has 27 heavy (non-hydrogen) atoms. The minimum Gasteiger partial charge on any atom is -0.379 e. The van der Waals surface area contributed by atoms with Crippen molar-refractivity contribution in [3.63, 3.8) is 0 Å². The minimum atomic E-state index is -1.13. The molecule has 2 aliphatic heterocycles. The Hall–Kier alpha value is -2.44. The summed E-state index contributed by atoms with van der Waals surface area (Å²) < 4.78 is 13.5. The second kappa shape index (κ2) is 7.66. The zero-order valence-corrected chi connectivity index (χ0v) is 16.0. The third kappa shape index (κ3) is 4.28. The van der Waals surface area contributed by atoms with Crippen LogP contribution in [0, 0.1) is 11.7 Å². The summed E-state index contributed by atoms with van der Waals surface area (Å²) in [7, 11) is 0. The average molecular weight is 375 g/mol. The number of oxime groups is 1. The quantitative estimate of drug-likeness (QED) is 0.879. The van der Waals surface area contributed by atoms with Crippen molar-refractivity contribution in [2.45, 2.75) is 51.7 Å². The highest BCUT2D eigenvalue weighted by Gasteiger charge is 2.46. The lowest BCUT2D eigenvalue weighted by atomic mass is 9.91. The van der Waals surface area contributed by atoms with E-state index in [0.717, 1.165) is 12.8 Å². The van der Waals surface area contributed by atoms with E-state index in [0.29, 0.717) is 24.4 Å². The number of hydrogen-bond donors (Lipinski definition) is 1. The summed E-state index contributed by atoms with van der Waals surface area (Å²) in [6.45, 7) is 6.51. The highest BCUT2D eigenvalue weighted by atomic mass is 19.1. The normalized spacial score (nSPS) is 25.1. The summed E-state index contributed by atoms with van der Waals surface area (Å²) in [6, 6.07) is 6.16. The van der Waals surface area contributed by atoms with Crippen LogP contribution >= 0.6 is 0 Å². The number of likely N-dealkylation sites (tertiary alicyclic amines) is 1. The maximum absolute atomic E-state index is 13.5. The van der Waals surface area contributed by atoms with E-state index < -0.39 is 5.60 Å². The summed E-state index contributed by atoms with van der Waals surface area (Å²) >= 11 is 0. The van der Waals surface area contributed by atoms with Crippen LogP contribution in [-0.2, 0) is 14.4 Å². The molecule has 2 aliphatic rings. The van der Waals surface area contributed by atoms with Gasteiger partial charge >= 0.3 is 0 Å². The molecule has 6 nitrogen and oxygen atoms in total. The first kappa shape index (κ1) is 19.3. The summed E-state index contributed by atoms with van der Waals surface area (Å²) in [5.74, 6) is -0.764. The lowest BCUT2D eigenvalue weighted by molar-refractivity contribution is -0.155. The second-order valence-electron chi connectivity index (χ2n) is 7.80. The molecule has 1 fully saturated rings. The van der Waals surface area contributed by atoms with E-state index in [4.69, 9.17) is 4.84 Å². The van der Waals surface area contributed by atoms with Gasteiger partial charge in [0, 0.05) is 31.1 Å². The molecule has 0 spiro atoms. The molecule has 2 heterocycles. The van der Waals surface area contributed by atoms with Crippen LogP contribution in [0.15, 0.2) is 29.4 Å². The van der Waals surface area contributed by atoms with Crippen molar-refractivity contribution in [1.29, 1.82) is 0 Å². The Morgan fingerprint density at radius 3 is 2.89 bits per heavy atom. The minimum absolute atomic E-state index is 0.0170. The molecule has 0 aliphatic carbocycles. The van der Waals surface area contributed by atoms with Crippen LogP contribution in [-0.4, -0.2) is 47.2 Å². The smallest absolute Gasteiger partial charge is 0.269 e. The molecule has 2 unspecified atom stereocenters. The fourth-order valence-electron chi connectivity index (χ4n) is 3.59. The van der Waals surface area contributed by atoms with Crippen molar-refractivity contribution >= 4 is 17.5 Å². The molecule has 1 N–H and O–H groups in total. The lowest BCUT2D eigenvalue weighted by Crippen LogP contribution is -2.53. The number of amides is 2. The van der Waals surface area contributed by atoms with Crippen molar-refractivity contribution in [2.24, 2.45) is 11.1 Å². The molecule has 0 radical (unpaired) electrons. The van der Waals surface area contributed by atoms with Crippen LogP contribution in [0.5, 0.6) is 0 Å². The largest absolute Gasteiger partial charge is 0.379 e. The van der Waals surface area contributed by atoms with Crippen LogP contribution in [0.2, 0.25) is 0 Å². The maximum atomic E-state index is 13.5. The van der Waals surface area contributed by atoms with E-state index in [1.165, 1.54) is 12.1 Å². The van der Waals surface area contributed by atoms with E-state index in [1.54, 1.807) is 24.0 Å². The van der Waals surface area contributed by atoms with Gasteiger partial charge in [0.15, 0.2) is 0 Å². The highest BCUT2D eigenvalue weighted by molar-refractivity contribution is 6.05. The number of nitrogens with zero attached hydrogens (tertiary/aromatic N) is 2. The number of halogens is 1. The Morgan fingerprint density at radius 1 is 1.41 bits per heavy atom. The van der Waals surface area contributed by atoms with Gasteiger partial charge in [0.25, 0.3) is 5.91 Å². The number of carbonyl (C=O) groups excluding carboxylic acids is 2. The predicted octanol–water partition coefficient (Wildman–Crippen LogP) is 2.47. The summed E-state index contributed by atoms with van der Waals surface area (Å²) in [6.07, 6.45) is 1.81. The van der Waals surface area contributed by atoms with Crippen molar-refractivity contribution < 1.29 is 18.8 Å². The molecule has 1 aromatic rings. The Labute approximate surface area is 158 Å². The van der Waals surface area contributed by atoms with Gasteiger partial charge in [-0.3, -0.25) is 9.59 Å². The van der Waals surface area contributed by atoms with Gasteiger partial charge in [-0.25, -0.2) is 4.39 Å². The van der Waals surface area contributed by atoms with E-state index in [-0.39, 0.29) is 36.0 Å². The van der Waals surface area contributed by atoms with Crippen LogP contribution in [0.3, 0.4) is 0 Å². The Balaban J connectivity index is 1.66. The van der Waals surface area contributed by atoms with Gasteiger partial charge in [0.05, 0.1) is 11.6 Å². The number of piperidine rings is 1. The average Bonchev–Trinajstić information content (AvgIpc) is 3.04. The Bertz CT molecular complexity index is 765. The number of nitrogens with one attached hydrogen (secondary N) is 1.